The molecule has 6 nitrogen and oxygen atoms in total. The van der Waals surface area contributed by atoms with E-state index in [1.54, 1.807) is 23.1 Å². The zero-order valence-electron chi connectivity index (χ0n) is 13.3. The number of hydrogen-bond acceptors (Lipinski definition) is 4. The molecule has 0 aliphatic carbocycles. The summed E-state index contributed by atoms with van der Waals surface area (Å²) < 4.78 is 24.6. The van der Waals surface area contributed by atoms with Crippen LogP contribution in [0.5, 0.6) is 0 Å². The van der Waals surface area contributed by atoms with E-state index < -0.39 is 10.0 Å². The highest BCUT2D eigenvalue weighted by atomic mass is 35.5. The number of halogens is 2. The maximum atomic E-state index is 12.8. The Morgan fingerprint density at radius 3 is 2.33 bits per heavy atom. The normalized spacial score (nSPS) is 23.9. The number of nitrogens with zero attached hydrogens (tertiary/aromatic N) is 3. The summed E-state index contributed by atoms with van der Waals surface area (Å²) >= 11 is 12.1. The molecule has 0 aromatic heterocycles. The fourth-order valence-corrected chi connectivity index (χ4v) is 4.63. The van der Waals surface area contributed by atoms with Gasteiger partial charge in [-0.3, -0.25) is 9.69 Å². The lowest BCUT2D eigenvalue weighted by Crippen LogP contribution is -2.53. The van der Waals surface area contributed by atoms with E-state index in [1.807, 2.05) is 0 Å². The molecule has 2 saturated heterocycles. The van der Waals surface area contributed by atoms with Gasteiger partial charge in [-0.25, -0.2) is 8.42 Å². The van der Waals surface area contributed by atoms with Crippen LogP contribution >= 0.6 is 23.2 Å². The molecule has 132 valence electrons. The fourth-order valence-electron chi connectivity index (χ4n) is 3.29. The van der Waals surface area contributed by atoms with Gasteiger partial charge in [-0.2, -0.15) is 4.31 Å². The van der Waals surface area contributed by atoms with Gasteiger partial charge in [0.15, 0.2) is 0 Å². The van der Waals surface area contributed by atoms with Crippen molar-refractivity contribution in [1.82, 2.24) is 9.21 Å². The molecule has 1 atom stereocenters. The number of piperazine rings is 1. The first-order valence-electron chi connectivity index (χ1n) is 7.73. The SMILES string of the molecule is CS(=O)(=O)N1CCN(C2CCN(c3ccc(Cl)cc3Cl)C2=O)CC1. The summed E-state index contributed by atoms with van der Waals surface area (Å²) in [6.07, 6.45) is 1.92. The lowest BCUT2D eigenvalue weighted by Gasteiger charge is -2.36. The Bertz CT molecular complexity index is 748. The molecule has 1 aromatic rings. The van der Waals surface area contributed by atoms with Crippen LogP contribution in [-0.2, 0) is 14.8 Å². The van der Waals surface area contributed by atoms with Crippen molar-refractivity contribution in [3.8, 4) is 0 Å². The third kappa shape index (κ3) is 3.55. The fraction of sp³-hybridized carbons (Fsp3) is 0.533. The number of benzene rings is 1. The molecular weight excluding hydrogens is 373 g/mol. The summed E-state index contributed by atoms with van der Waals surface area (Å²) in [4.78, 5) is 16.5. The van der Waals surface area contributed by atoms with Crippen LogP contribution in [0.25, 0.3) is 0 Å². The molecule has 3 rings (SSSR count). The van der Waals surface area contributed by atoms with Crippen molar-refractivity contribution >= 4 is 44.8 Å². The number of amides is 1. The molecule has 0 bridgehead atoms. The monoisotopic (exact) mass is 391 g/mol. The maximum Gasteiger partial charge on any atom is 0.244 e. The zero-order chi connectivity index (χ0) is 17.5. The van der Waals surface area contributed by atoms with Gasteiger partial charge in [0.2, 0.25) is 15.9 Å². The van der Waals surface area contributed by atoms with E-state index in [0.29, 0.717) is 54.9 Å². The highest BCUT2D eigenvalue weighted by Gasteiger charge is 2.39. The van der Waals surface area contributed by atoms with Gasteiger partial charge in [0.25, 0.3) is 0 Å². The third-order valence-corrected chi connectivity index (χ3v) is 6.40. The van der Waals surface area contributed by atoms with E-state index >= 15 is 0 Å². The highest BCUT2D eigenvalue weighted by molar-refractivity contribution is 7.88. The second kappa shape index (κ2) is 6.80. The molecule has 0 spiro atoms. The molecule has 24 heavy (non-hydrogen) atoms. The van der Waals surface area contributed by atoms with Crippen molar-refractivity contribution in [2.45, 2.75) is 12.5 Å². The summed E-state index contributed by atoms with van der Waals surface area (Å²) in [5.74, 6) is 0.00651. The molecule has 0 N–H and O–H groups in total. The van der Waals surface area contributed by atoms with Gasteiger partial charge in [-0.1, -0.05) is 23.2 Å². The second-order valence-electron chi connectivity index (χ2n) is 6.09. The molecule has 9 heteroatoms. The van der Waals surface area contributed by atoms with Crippen LogP contribution in [0.15, 0.2) is 18.2 Å². The molecular formula is C15H19Cl2N3O3S. The Morgan fingerprint density at radius 1 is 1.08 bits per heavy atom. The van der Waals surface area contributed by atoms with Crippen LogP contribution in [0.3, 0.4) is 0 Å². The minimum absolute atomic E-state index is 0.00651. The van der Waals surface area contributed by atoms with Crippen LogP contribution in [0.2, 0.25) is 10.0 Å². The second-order valence-corrected chi connectivity index (χ2v) is 8.91. The Hall–Kier alpha value is -0.860. The lowest BCUT2D eigenvalue weighted by atomic mass is 10.2. The van der Waals surface area contributed by atoms with Gasteiger partial charge >= 0.3 is 0 Å². The van der Waals surface area contributed by atoms with Crippen LogP contribution in [0, 0.1) is 0 Å². The minimum Gasteiger partial charge on any atom is -0.310 e. The van der Waals surface area contributed by atoms with Crippen LogP contribution in [-0.4, -0.2) is 68.6 Å². The van der Waals surface area contributed by atoms with Gasteiger partial charge in [-0.15, -0.1) is 0 Å². The van der Waals surface area contributed by atoms with Gasteiger partial charge < -0.3 is 4.90 Å². The average Bonchev–Trinajstić information content (AvgIpc) is 2.88. The van der Waals surface area contributed by atoms with E-state index in [4.69, 9.17) is 23.2 Å². The van der Waals surface area contributed by atoms with E-state index in [0.717, 1.165) is 0 Å². The van der Waals surface area contributed by atoms with Gasteiger partial charge in [0.05, 0.1) is 23.0 Å². The largest absolute Gasteiger partial charge is 0.310 e. The Morgan fingerprint density at radius 2 is 1.75 bits per heavy atom. The highest BCUT2D eigenvalue weighted by Crippen LogP contribution is 2.33. The predicted molar refractivity (Wildman–Crippen MR) is 95.2 cm³/mol. The first-order chi connectivity index (χ1) is 11.3. The summed E-state index contributed by atoms with van der Waals surface area (Å²) in [5, 5.41) is 0.988. The van der Waals surface area contributed by atoms with E-state index in [9.17, 15) is 13.2 Å². The predicted octanol–water partition coefficient (Wildman–Crippen LogP) is 1.68. The summed E-state index contributed by atoms with van der Waals surface area (Å²) in [7, 11) is -3.17. The van der Waals surface area contributed by atoms with E-state index in [-0.39, 0.29) is 11.9 Å². The van der Waals surface area contributed by atoms with Gasteiger partial charge in [-0.05, 0) is 24.6 Å². The first-order valence-corrected chi connectivity index (χ1v) is 10.3. The van der Waals surface area contributed by atoms with E-state index in [1.165, 1.54) is 10.6 Å². The molecule has 2 aliphatic rings. The van der Waals surface area contributed by atoms with Crippen molar-refractivity contribution in [2.24, 2.45) is 0 Å². The number of carbonyl (C=O) groups is 1. The van der Waals surface area contributed by atoms with Crippen molar-refractivity contribution in [2.75, 3.05) is 43.9 Å². The molecule has 1 unspecified atom stereocenters. The van der Waals surface area contributed by atoms with E-state index in [2.05, 4.69) is 4.90 Å². The Kier molecular flexibility index (Phi) is 5.09. The minimum atomic E-state index is -3.17. The molecule has 0 saturated carbocycles. The topological polar surface area (TPSA) is 60.9 Å². The maximum absolute atomic E-state index is 12.8. The smallest absolute Gasteiger partial charge is 0.244 e. The number of rotatable bonds is 3. The molecule has 0 radical (unpaired) electrons. The van der Waals surface area contributed by atoms with Gasteiger partial charge in [0.1, 0.15) is 0 Å². The number of sulfonamides is 1. The van der Waals surface area contributed by atoms with Crippen LogP contribution in [0.4, 0.5) is 5.69 Å². The quantitative estimate of drug-likeness (QED) is 0.786. The molecule has 1 amide bonds. The van der Waals surface area contributed by atoms with Crippen molar-refractivity contribution in [3.05, 3.63) is 28.2 Å². The van der Waals surface area contributed by atoms with Crippen molar-refractivity contribution < 1.29 is 13.2 Å². The van der Waals surface area contributed by atoms with Crippen molar-refractivity contribution in [1.29, 1.82) is 0 Å². The van der Waals surface area contributed by atoms with Crippen LogP contribution < -0.4 is 4.90 Å². The van der Waals surface area contributed by atoms with Crippen LogP contribution in [0.1, 0.15) is 6.42 Å². The molecule has 2 heterocycles. The standard InChI is InChI=1S/C15H19Cl2N3O3S/c1-24(22,23)19-8-6-18(7-9-19)14-4-5-20(15(14)21)13-3-2-11(16)10-12(13)17/h2-3,10,14H,4-9H2,1H3. The lowest BCUT2D eigenvalue weighted by molar-refractivity contribution is -0.122. The Labute approximate surface area is 152 Å². The molecule has 2 fully saturated rings. The first kappa shape index (κ1) is 17.9. The third-order valence-electron chi connectivity index (χ3n) is 4.56. The zero-order valence-corrected chi connectivity index (χ0v) is 15.6. The summed E-state index contributed by atoms with van der Waals surface area (Å²) in [6.45, 7) is 2.56. The number of hydrogen-bond donors (Lipinski definition) is 0. The summed E-state index contributed by atoms with van der Waals surface area (Å²) in [6, 6.07) is 4.88. The van der Waals surface area contributed by atoms with Crippen molar-refractivity contribution in [3.63, 3.8) is 0 Å². The number of carbonyl (C=O) groups excluding carboxylic acids is 1. The number of anilines is 1. The average molecular weight is 392 g/mol. The summed E-state index contributed by atoms with van der Waals surface area (Å²) in [5.41, 5.74) is 0.670. The van der Waals surface area contributed by atoms with Gasteiger partial charge in [0, 0.05) is 37.7 Å². The molecule has 2 aliphatic heterocycles. The molecule has 1 aromatic carbocycles. The Balaban J connectivity index is 1.69.